The lowest BCUT2D eigenvalue weighted by Crippen LogP contribution is -1.79. The Labute approximate surface area is 101 Å². The molecule has 0 aliphatic rings. The van der Waals surface area contributed by atoms with Crippen LogP contribution in [0.1, 0.15) is 5.01 Å². The lowest BCUT2D eigenvalue weighted by molar-refractivity contribution is 1.27. The summed E-state index contributed by atoms with van der Waals surface area (Å²) in [5.41, 5.74) is 2.18. The van der Waals surface area contributed by atoms with Crippen molar-refractivity contribution in [2.24, 2.45) is 0 Å². The van der Waals surface area contributed by atoms with E-state index in [2.05, 4.69) is 51.1 Å². The highest BCUT2D eigenvalue weighted by Crippen LogP contribution is 2.24. The van der Waals surface area contributed by atoms with Crippen LogP contribution in [0.3, 0.4) is 0 Å². The molecular formula is C10H8BrNS2. The highest BCUT2D eigenvalue weighted by molar-refractivity contribution is 9.10. The van der Waals surface area contributed by atoms with Crippen LogP contribution in [0.15, 0.2) is 34.1 Å². The van der Waals surface area contributed by atoms with Crippen LogP contribution in [0.5, 0.6) is 0 Å². The van der Waals surface area contributed by atoms with Crippen molar-refractivity contribution in [3.05, 3.63) is 39.1 Å². The maximum absolute atomic E-state index is 4.46. The topological polar surface area (TPSA) is 12.9 Å². The Bertz CT molecular complexity index is 422. The predicted molar refractivity (Wildman–Crippen MR) is 67.9 cm³/mol. The molecule has 0 saturated heterocycles. The number of aromatic nitrogens is 1. The van der Waals surface area contributed by atoms with Crippen molar-refractivity contribution in [1.82, 2.24) is 4.98 Å². The molecule has 1 nitrogen and oxygen atoms in total. The third-order valence-electron chi connectivity index (χ3n) is 1.83. The van der Waals surface area contributed by atoms with Gasteiger partial charge < -0.3 is 0 Å². The average Bonchev–Trinajstić information content (AvgIpc) is 2.67. The molecule has 0 fully saturated rings. The van der Waals surface area contributed by atoms with Crippen molar-refractivity contribution >= 4 is 39.9 Å². The number of halogens is 1. The van der Waals surface area contributed by atoms with Crippen molar-refractivity contribution in [1.29, 1.82) is 0 Å². The smallest absolute Gasteiger partial charge is 0.103 e. The minimum absolute atomic E-state index is 0.710. The van der Waals surface area contributed by atoms with Gasteiger partial charge in [0.05, 0.1) is 5.69 Å². The predicted octanol–water partition coefficient (Wildman–Crippen LogP) is 4.00. The molecule has 2 rings (SSSR count). The largest absolute Gasteiger partial charge is 0.240 e. The van der Waals surface area contributed by atoms with Gasteiger partial charge in [-0.3, -0.25) is 0 Å². The number of nitrogens with zero attached hydrogens (tertiary/aromatic N) is 1. The zero-order chi connectivity index (χ0) is 9.97. The first-order valence-electron chi connectivity index (χ1n) is 4.11. The fourth-order valence-corrected chi connectivity index (χ4v) is 2.36. The van der Waals surface area contributed by atoms with Gasteiger partial charge in [0, 0.05) is 21.2 Å². The average molecular weight is 286 g/mol. The summed E-state index contributed by atoms with van der Waals surface area (Å²) in [4.78, 5) is 4.46. The zero-order valence-corrected chi connectivity index (χ0v) is 10.6. The summed E-state index contributed by atoms with van der Waals surface area (Å²) in [7, 11) is 0. The summed E-state index contributed by atoms with van der Waals surface area (Å²) in [5, 5.41) is 3.13. The molecule has 0 bridgehead atoms. The number of hydrogen-bond acceptors (Lipinski definition) is 3. The van der Waals surface area contributed by atoms with Crippen LogP contribution in [0.2, 0.25) is 0 Å². The lowest BCUT2D eigenvalue weighted by atomic mass is 10.2. The molecule has 1 heterocycles. The van der Waals surface area contributed by atoms with Gasteiger partial charge in [0.1, 0.15) is 5.01 Å². The summed E-state index contributed by atoms with van der Waals surface area (Å²) in [6.07, 6.45) is 0. The first-order chi connectivity index (χ1) is 6.79. The van der Waals surface area contributed by atoms with Gasteiger partial charge in [0.2, 0.25) is 0 Å². The van der Waals surface area contributed by atoms with Gasteiger partial charge in [-0.05, 0) is 12.1 Å². The molecule has 0 N–H and O–H groups in total. The summed E-state index contributed by atoms with van der Waals surface area (Å²) in [6, 6.07) is 8.16. The highest BCUT2D eigenvalue weighted by atomic mass is 79.9. The van der Waals surface area contributed by atoms with Crippen molar-refractivity contribution in [2.45, 2.75) is 5.75 Å². The first-order valence-corrected chi connectivity index (χ1v) is 6.41. The van der Waals surface area contributed by atoms with E-state index >= 15 is 0 Å². The van der Waals surface area contributed by atoms with Gasteiger partial charge in [-0.2, -0.15) is 12.6 Å². The maximum Gasteiger partial charge on any atom is 0.103 e. The molecule has 0 aliphatic carbocycles. The van der Waals surface area contributed by atoms with Gasteiger partial charge in [-0.1, -0.05) is 28.1 Å². The van der Waals surface area contributed by atoms with Gasteiger partial charge in [0.15, 0.2) is 0 Å². The number of rotatable bonds is 2. The summed E-state index contributed by atoms with van der Waals surface area (Å²) in [5.74, 6) is 0.710. The molecule has 0 unspecified atom stereocenters. The van der Waals surface area contributed by atoms with Crippen molar-refractivity contribution in [2.75, 3.05) is 0 Å². The van der Waals surface area contributed by atoms with Gasteiger partial charge >= 0.3 is 0 Å². The molecule has 0 radical (unpaired) electrons. The Morgan fingerprint density at radius 2 is 2.00 bits per heavy atom. The van der Waals surface area contributed by atoms with Crippen LogP contribution >= 0.6 is 39.9 Å². The van der Waals surface area contributed by atoms with Crippen LogP contribution < -0.4 is 0 Å². The van der Waals surface area contributed by atoms with Crippen LogP contribution in [0.25, 0.3) is 11.3 Å². The Hall–Kier alpha value is -0.320. The third-order valence-corrected chi connectivity index (χ3v) is 3.72. The normalized spacial score (nSPS) is 10.4. The quantitative estimate of drug-likeness (QED) is 0.823. The maximum atomic E-state index is 4.46. The monoisotopic (exact) mass is 285 g/mol. The second-order valence-electron chi connectivity index (χ2n) is 2.79. The van der Waals surface area contributed by atoms with Crippen LogP contribution in [0.4, 0.5) is 0 Å². The second kappa shape index (κ2) is 4.47. The molecule has 2 aromatic rings. The van der Waals surface area contributed by atoms with Crippen LogP contribution in [-0.2, 0) is 5.75 Å². The molecule has 1 aromatic carbocycles. The molecular weight excluding hydrogens is 278 g/mol. The Balaban J connectivity index is 2.34. The van der Waals surface area contributed by atoms with E-state index in [0.29, 0.717) is 5.75 Å². The standard InChI is InChI=1S/C10H8BrNS2/c11-8-3-1-7(2-4-8)9-6-14-10(5-13)12-9/h1-4,6,13H,5H2. The summed E-state index contributed by atoms with van der Waals surface area (Å²) in [6.45, 7) is 0. The van der Waals surface area contributed by atoms with E-state index < -0.39 is 0 Å². The fourth-order valence-electron chi connectivity index (χ4n) is 1.14. The molecule has 0 spiro atoms. The van der Waals surface area contributed by atoms with E-state index in [9.17, 15) is 0 Å². The lowest BCUT2D eigenvalue weighted by Gasteiger charge is -1.95. The van der Waals surface area contributed by atoms with E-state index in [1.807, 2.05) is 12.1 Å². The van der Waals surface area contributed by atoms with Gasteiger partial charge in [-0.15, -0.1) is 11.3 Å². The highest BCUT2D eigenvalue weighted by Gasteiger charge is 2.02. The fraction of sp³-hybridized carbons (Fsp3) is 0.100. The van der Waals surface area contributed by atoms with Crippen molar-refractivity contribution < 1.29 is 0 Å². The molecule has 14 heavy (non-hydrogen) atoms. The molecule has 4 heteroatoms. The van der Waals surface area contributed by atoms with Gasteiger partial charge in [0.25, 0.3) is 0 Å². The van der Waals surface area contributed by atoms with E-state index in [1.165, 1.54) is 0 Å². The van der Waals surface area contributed by atoms with E-state index in [-0.39, 0.29) is 0 Å². The minimum atomic E-state index is 0.710. The molecule has 0 amide bonds. The van der Waals surface area contributed by atoms with Crippen molar-refractivity contribution in [3.8, 4) is 11.3 Å². The number of benzene rings is 1. The Kier molecular flexibility index (Phi) is 3.26. The SMILES string of the molecule is SCc1nc(-c2ccc(Br)cc2)cs1. The first kappa shape index (κ1) is 10.2. The summed E-state index contributed by atoms with van der Waals surface area (Å²) >= 11 is 9.25. The van der Waals surface area contributed by atoms with Crippen LogP contribution in [-0.4, -0.2) is 4.98 Å². The Morgan fingerprint density at radius 1 is 1.29 bits per heavy atom. The van der Waals surface area contributed by atoms with Crippen molar-refractivity contribution in [3.63, 3.8) is 0 Å². The molecule has 72 valence electrons. The molecule has 0 atom stereocenters. The Morgan fingerprint density at radius 3 is 2.57 bits per heavy atom. The number of hydrogen-bond donors (Lipinski definition) is 1. The zero-order valence-electron chi connectivity index (χ0n) is 7.27. The molecule has 1 aromatic heterocycles. The van der Waals surface area contributed by atoms with E-state index in [0.717, 1.165) is 20.7 Å². The minimum Gasteiger partial charge on any atom is -0.240 e. The molecule has 0 saturated carbocycles. The van der Waals surface area contributed by atoms with E-state index in [1.54, 1.807) is 11.3 Å². The van der Waals surface area contributed by atoms with E-state index in [4.69, 9.17) is 0 Å². The molecule has 0 aliphatic heterocycles. The van der Waals surface area contributed by atoms with Crippen LogP contribution in [0, 0.1) is 0 Å². The van der Waals surface area contributed by atoms with Gasteiger partial charge in [-0.25, -0.2) is 4.98 Å². The number of thiazole rings is 1. The second-order valence-corrected chi connectivity index (χ2v) is 4.97. The summed E-state index contributed by atoms with van der Waals surface area (Å²) < 4.78 is 1.09. The number of thiol groups is 1. The third kappa shape index (κ3) is 2.19.